The van der Waals surface area contributed by atoms with E-state index in [4.69, 9.17) is 4.74 Å². The van der Waals surface area contributed by atoms with Gasteiger partial charge in [0.2, 0.25) is 0 Å². The van der Waals surface area contributed by atoms with Crippen molar-refractivity contribution in [2.45, 2.75) is 52.0 Å². The maximum atomic E-state index is 12.4. The van der Waals surface area contributed by atoms with E-state index in [1.807, 2.05) is 48.7 Å². The Balaban J connectivity index is 1.71. The minimum absolute atomic E-state index is 0.0357. The molecule has 0 unspecified atom stereocenters. The zero-order chi connectivity index (χ0) is 21.9. The van der Waals surface area contributed by atoms with Crippen LogP contribution < -0.4 is 0 Å². The summed E-state index contributed by atoms with van der Waals surface area (Å²) in [5.74, 6) is -0.545. The molecule has 0 saturated carbocycles. The van der Waals surface area contributed by atoms with Crippen molar-refractivity contribution in [1.29, 1.82) is 5.26 Å². The number of nitrogens with zero attached hydrogens (tertiary/aromatic N) is 2. The summed E-state index contributed by atoms with van der Waals surface area (Å²) in [5, 5.41) is 10.6. The molecule has 1 aromatic heterocycles. The normalized spacial score (nSPS) is 11.4. The lowest BCUT2D eigenvalue weighted by atomic mass is 10.1. The Morgan fingerprint density at radius 3 is 2.48 bits per heavy atom. The third-order valence-corrected chi connectivity index (χ3v) is 5.39. The van der Waals surface area contributed by atoms with Crippen LogP contribution in [-0.4, -0.2) is 17.1 Å². The van der Waals surface area contributed by atoms with Crippen LogP contribution in [0.4, 0.5) is 0 Å². The number of nitriles is 1. The molecular weight excluding hydrogens is 384 g/mol. The summed E-state index contributed by atoms with van der Waals surface area (Å²) < 4.78 is 7.50. The number of para-hydroxylation sites is 1. The van der Waals surface area contributed by atoms with Crippen LogP contribution in [0.1, 0.15) is 56.6 Å². The fraction of sp³-hybridized carbons (Fsp3) is 0.333. The molecule has 0 atom stereocenters. The van der Waals surface area contributed by atoms with Crippen LogP contribution >= 0.6 is 0 Å². The first kappa shape index (κ1) is 22.4. The predicted octanol–water partition coefficient (Wildman–Crippen LogP) is 6.50. The highest BCUT2D eigenvalue weighted by Gasteiger charge is 2.13. The average molecular weight is 415 g/mol. The van der Waals surface area contributed by atoms with E-state index in [-0.39, 0.29) is 5.57 Å². The van der Waals surface area contributed by atoms with Crippen molar-refractivity contribution in [3.05, 3.63) is 77.5 Å². The molecule has 4 nitrogen and oxygen atoms in total. The van der Waals surface area contributed by atoms with Crippen molar-refractivity contribution >= 4 is 22.9 Å². The number of carbonyl (C=O) groups excluding carboxylic acids is 1. The molecule has 160 valence electrons. The van der Waals surface area contributed by atoms with Crippen LogP contribution in [0.2, 0.25) is 0 Å². The van der Waals surface area contributed by atoms with Crippen molar-refractivity contribution in [1.82, 2.24) is 4.57 Å². The molecule has 0 amide bonds. The van der Waals surface area contributed by atoms with Gasteiger partial charge in [0.05, 0.1) is 6.61 Å². The highest BCUT2D eigenvalue weighted by atomic mass is 16.5. The number of aromatic nitrogens is 1. The Kier molecular flexibility index (Phi) is 8.48. The largest absolute Gasteiger partial charge is 0.462 e. The van der Waals surface area contributed by atoms with Gasteiger partial charge in [-0.3, -0.25) is 0 Å². The predicted molar refractivity (Wildman–Crippen MR) is 125 cm³/mol. The van der Waals surface area contributed by atoms with E-state index in [0.717, 1.165) is 42.3 Å². The van der Waals surface area contributed by atoms with Crippen LogP contribution in [0.5, 0.6) is 0 Å². The maximum absolute atomic E-state index is 12.4. The molecule has 0 aliphatic carbocycles. The van der Waals surface area contributed by atoms with E-state index in [1.165, 1.54) is 24.8 Å². The Bertz CT molecular complexity index is 1060. The van der Waals surface area contributed by atoms with Gasteiger partial charge in [0.15, 0.2) is 0 Å². The van der Waals surface area contributed by atoms with Gasteiger partial charge in [0.1, 0.15) is 11.6 Å². The molecular formula is C27H30N2O2. The van der Waals surface area contributed by atoms with Gasteiger partial charge in [0.25, 0.3) is 0 Å². The van der Waals surface area contributed by atoms with Crippen molar-refractivity contribution < 1.29 is 9.53 Å². The number of ether oxygens (including phenoxy) is 1. The number of fused-ring (bicyclic) bond motifs is 1. The third kappa shape index (κ3) is 6.33. The molecule has 3 rings (SSSR count). The quantitative estimate of drug-likeness (QED) is 0.156. The summed E-state index contributed by atoms with van der Waals surface area (Å²) in [4.78, 5) is 12.4. The third-order valence-electron chi connectivity index (χ3n) is 5.39. The topological polar surface area (TPSA) is 55.0 Å². The van der Waals surface area contributed by atoms with Gasteiger partial charge >= 0.3 is 5.97 Å². The zero-order valence-electron chi connectivity index (χ0n) is 18.2. The minimum Gasteiger partial charge on any atom is -0.462 e. The lowest BCUT2D eigenvalue weighted by Crippen LogP contribution is -2.08. The summed E-state index contributed by atoms with van der Waals surface area (Å²) >= 11 is 0. The standard InChI is InChI=1S/C27H30N2O2/c1-2-3-4-5-6-12-17-31-27(30)23(19-28)18-24-21-29(20-22-13-8-7-9-14-22)26-16-11-10-15-25(24)26/h7-11,13-16,18,21H,2-6,12,17,20H2,1H3/b23-18+. The van der Waals surface area contributed by atoms with Crippen LogP contribution in [-0.2, 0) is 16.1 Å². The Hall–Kier alpha value is -3.32. The van der Waals surface area contributed by atoms with Crippen molar-refractivity contribution in [3.63, 3.8) is 0 Å². The highest BCUT2D eigenvalue weighted by Crippen LogP contribution is 2.25. The smallest absolute Gasteiger partial charge is 0.348 e. The van der Waals surface area contributed by atoms with E-state index in [0.29, 0.717) is 6.61 Å². The number of unbranched alkanes of at least 4 members (excludes halogenated alkanes) is 5. The van der Waals surface area contributed by atoms with Crippen molar-refractivity contribution in [3.8, 4) is 6.07 Å². The molecule has 0 fully saturated rings. The second-order valence-electron chi connectivity index (χ2n) is 7.79. The summed E-state index contributed by atoms with van der Waals surface area (Å²) in [7, 11) is 0. The molecule has 3 aromatic rings. The van der Waals surface area contributed by atoms with Gasteiger partial charge in [-0.15, -0.1) is 0 Å². The number of esters is 1. The van der Waals surface area contributed by atoms with Crippen LogP contribution in [0.15, 0.2) is 66.4 Å². The van der Waals surface area contributed by atoms with Crippen LogP contribution in [0, 0.1) is 11.3 Å². The molecule has 0 aliphatic rings. The Labute approximate surface area is 184 Å². The van der Waals surface area contributed by atoms with E-state index in [1.54, 1.807) is 6.08 Å². The lowest BCUT2D eigenvalue weighted by Gasteiger charge is -2.05. The molecule has 31 heavy (non-hydrogen) atoms. The molecule has 0 N–H and O–H groups in total. The number of hydrogen-bond acceptors (Lipinski definition) is 3. The first-order valence-corrected chi connectivity index (χ1v) is 11.1. The first-order chi connectivity index (χ1) is 15.2. The average Bonchev–Trinajstić information content (AvgIpc) is 3.14. The molecule has 0 saturated heterocycles. The Morgan fingerprint density at radius 1 is 1.00 bits per heavy atom. The van der Waals surface area contributed by atoms with Crippen molar-refractivity contribution in [2.75, 3.05) is 6.61 Å². The van der Waals surface area contributed by atoms with Gasteiger partial charge in [0, 0.05) is 29.2 Å². The van der Waals surface area contributed by atoms with Gasteiger partial charge in [-0.25, -0.2) is 4.79 Å². The number of benzene rings is 2. The number of carbonyl (C=O) groups is 1. The molecule has 0 bridgehead atoms. The van der Waals surface area contributed by atoms with E-state index >= 15 is 0 Å². The van der Waals surface area contributed by atoms with Gasteiger partial charge in [-0.1, -0.05) is 87.6 Å². The second-order valence-corrected chi connectivity index (χ2v) is 7.79. The minimum atomic E-state index is -0.545. The molecule has 4 heteroatoms. The van der Waals surface area contributed by atoms with Crippen LogP contribution in [0.25, 0.3) is 17.0 Å². The SMILES string of the molecule is CCCCCCCCOC(=O)/C(C#N)=C/c1cn(Cc2ccccc2)c2ccccc12. The summed E-state index contributed by atoms with van der Waals surface area (Å²) in [6.45, 7) is 3.27. The summed E-state index contributed by atoms with van der Waals surface area (Å²) in [6, 6.07) is 20.3. The molecule has 1 heterocycles. The van der Waals surface area contributed by atoms with Gasteiger partial charge in [-0.2, -0.15) is 5.26 Å². The van der Waals surface area contributed by atoms with E-state index in [2.05, 4.69) is 29.7 Å². The molecule has 0 radical (unpaired) electrons. The first-order valence-electron chi connectivity index (χ1n) is 11.1. The fourth-order valence-corrected chi connectivity index (χ4v) is 3.72. The highest BCUT2D eigenvalue weighted by molar-refractivity contribution is 6.01. The van der Waals surface area contributed by atoms with Crippen molar-refractivity contribution in [2.24, 2.45) is 0 Å². The fourth-order valence-electron chi connectivity index (χ4n) is 3.72. The number of hydrogen-bond donors (Lipinski definition) is 0. The second kappa shape index (κ2) is 11.8. The summed E-state index contributed by atoms with van der Waals surface area (Å²) in [6.07, 6.45) is 10.4. The molecule has 2 aromatic carbocycles. The molecule has 0 spiro atoms. The van der Waals surface area contributed by atoms with E-state index < -0.39 is 5.97 Å². The van der Waals surface area contributed by atoms with Crippen LogP contribution in [0.3, 0.4) is 0 Å². The Morgan fingerprint density at radius 2 is 1.71 bits per heavy atom. The maximum Gasteiger partial charge on any atom is 0.348 e. The number of rotatable bonds is 11. The van der Waals surface area contributed by atoms with Gasteiger partial charge < -0.3 is 9.30 Å². The molecule has 0 aliphatic heterocycles. The lowest BCUT2D eigenvalue weighted by molar-refractivity contribution is -0.138. The van der Waals surface area contributed by atoms with E-state index in [9.17, 15) is 10.1 Å². The van der Waals surface area contributed by atoms with Gasteiger partial charge in [-0.05, 0) is 24.1 Å². The summed E-state index contributed by atoms with van der Waals surface area (Å²) in [5.41, 5.74) is 3.14. The monoisotopic (exact) mass is 414 g/mol. The zero-order valence-corrected chi connectivity index (χ0v) is 18.2.